The van der Waals surface area contributed by atoms with Crippen LogP contribution in [0.2, 0.25) is 0 Å². The van der Waals surface area contributed by atoms with Crippen LogP contribution in [0, 0.1) is 6.92 Å². The minimum absolute atomic E-state index is 0.728. The first kappa shape index (κ1) is 14.5. The highest BCUT2D eigenvalue weighted by Gasteiger charge is 2.07. The molecule has 0 N–H and O–H groups in total. The average Bonchev–Trinajstić information content (AvgIpc) is 2.77. The monoisotopic (exact) mass is 274 g/mol. The SMILES string of the molecule is Cc1nnc(CN(C)CCCOc2ccccc2)n1C. The lowest BCUT2D eigenvalue weighted by Gasteiger charge is -2.16. The van der Waals surface area contributed by atoms with Gasteiger partial charge in [0.25, 0.3) is 0 Å². The maximum atomic E-state index is 5.67. The van der Waals surface area contributed by atoms with E-state index in [1.807, 2.05) is 48.9 Å². The maximum Gasteiger partial charge on any atom is 0.146 e. The van der Waals surface area contributed by atoms with Crippen molar-refractivity contribution in [2.45, 2.75) is 19.9 Å². The highest BCUT2D eigenvalue weighted by Crippen LogP contribution is 2.08. The third-order valence-corrected chi connectivity index (χ3v) is 3.29. The Bertz CT molecular complexity index is 524. The Hall–Kier alpha value is -1.88. The third kappa shape index (κ3) is 4.06. The molecule has 0 bridgehead atoms. The fourth-order valence-corrected chi connectivity index (χ4v) is 1.95. The summed E-state index contributed by atoms with van der Waals surface area (Å²) in [5.74, 6) is 2.87. The largest absolute Gasteiger partial charge is 0.494 e. The van der Waals surface area contributed by atoms with Gasteiger partial charge >= 0.3 is 0 Å². The molecule has 2 aromatic rings. The van der Waals surface area contributed by atoms with Gasteiger partial charge in [0.05, 0.1) is 13.2 Å². The van der Waals surface area contributed by atoms with E-state index in [0.717, 1.165) is 43.5 Å². The third-order valence-electron chi connectivity index (χ3n) is 3.29. The summed E-state index contributed by atoms with van der Waals surface area (Å²) in [7, 11) is 4.09. The topological polar surface area (TPSA) is 43.2 Å². The van der Waals surface area contributed by atoms with Crippen LogP contribution in [0.3, 0.4) is 0 Å². The van der Waals surface area contributed by atoms with Gasteiger partial charge in [0.1, 0.15) is 17.4 Å². The van der Waals surface area contributed by atoms with Gasteiger partial charge in [-0.25, -0.2) is 0 Å². The number of aromatic nitrogens is 3. The molecule has 1 heterocycles. The van der Waals surface area contributed by atoms with Crippen LogP contribution in [0.5, 0.6) is 5.75 Å². The summed E-state index contributed by atoms with van der Waals surface area (Å²) in [6.45, 7) is 4.47. The van der Waals surface area contributed by atoms with E-state index >= 15 is 0 Å². The lowest BCUT2D eigenvalue weighted by Crippen LogP contribution is -2.22. The van der Waals surface area contributed by atoms with Crippen LogP contribution in [-0.2, 0) is 13.6 Å². The molecule has 0 fully saturated rings. The Morgan fingerprint density at radius 2 is 1.95 bits per heavy atom. The zero-order chi connectivity index (χ0) is 14.4. The van der Waals surface area contributed by atoms with Crippen LogP contribution in [0.1, 0.15) is 18.1 Å². The van der Waals surface area contributed by atoms with Crippen LogP contribution in [0.4, 0.5) is 0 Å². The van der Waals surface area contributed by atoms with Gasteiger partial charge in [-0.15, -0.1) is 10.2 Å². The van der Waals surface area contributed by atoms with Gasteiger partial charge in [-0.05, 0) is 32.5 Å². The summed E-state index contributed by atoms with van der Waals surface area (Å²) in [6.07, 6.45) is 0.988. The molecule has 108 valence electrons. The molecular weight excluding hydrogens is 252 g/mol. The fourth-order valence-electron chi connectivity index (χ4n) is 1.95. The van der Waals surface area contributed by atoms with Gasteiger partial charge in [-0.1, -0.05) is 18.2 Å². The van der Waals surface area contributed by atoms with E-state index in [-0.39, 0.29) is 0 Å². The predicted molar refractivity (Wildman–Crippen MR) is 78.6 cm³/mol. The lowest BCUT2D eigenvalue weighted by molar-refractivity contribution is 0.254. The maximum absolute atomic E-state index is 5.67. The molecule has 0 aliphatic heterocycles. The Balaban J connectivity index is 1.68. The van der Waals surface area contributed by atoms with Crippen LogP contribution in [0.25, 0.3) is 0 Å². The number of nitrogens with zero attached hydrogens (tertiary/aromatic N) is 4. The molecule has 2 rings (SSSR count). The average molecular weight is 274 g/mol. The lowest BCUT2D eigenvalue weighted by atomic mass is 10.3. The molecule has 0 aliphatic carbocycles. The second-order valence-electron chi connectivity index (χ2n) is 4.98. The van der Waals surface area contributed by atoms with Crippen molar-refractivity contribution in [3.63, 3.8) is 0 Å². The molecule has 0 spiro atoms. The summed E-state index contributed by atoms with van der Waals surface area (Å²) in [5, 5.41) is 8.24. The molecule has 0 saturated carbocycles. The van der Waals surface area contributed by atoms with Gasteiger partial charge < -0.3 is 9.30 Å². The van der Waals surface area contributed by atoms with Crippen molar-refractivity contribution in [1.29, 1.82) is 0 Å². The van der Waals surface area contributed by atoms with Crippen LogP contribution < -0.4 is 4.74 Å². The van der Waals surface area contributed by atoms with E-state index in [1.54, 1.807) is 0 Å². The summed E-state index contributed by atoms with van der Waals surface area (Å²) < 4.78 is 7.70. The summed E-state index contributed by atoms with van der Waals surface area (Å²) in [6, 6.07) is 9.91. The molecule has 0 atom stereocenters. The number of rotatable bonds is 7. The predicted octanol–water partition coefficient (Wildman–Crippen LogP) is 2.02. The van der Waals surface area contributed by atoms with Gasteiger partial charge in [0.2, 0.25) is 0 Å². The van der Waals surface area contributed by atoms with Gasteiger partial charge in [0.15, 0.2) is 0 Å². The van der Waals surface area contributed by atoms with Crippen LogP contribution in [-0.4, -0.2) is 39.9 Å². The molecule has 20 heavy (non-hydrogen) atoms. The molecule has 0 unspecified atom stereocenters. The van der Waals surface area contributed by atoms with Crippen molar-refractivity contribution in [1.82, 2.24) is 19.7 Å². The van der Waals surface area contributed by atoms with Crippen molar-refractivity contribution < 1.29 is 4.74 Å². The molecule has 0 amide bonds. The summed E-state index contributed by atoms with van der Waals surface area (Å²) in [5.41, 5.74) is 0. The number of ether oxygens (including phenoxy) is 1. The van der Waals surface area contributed by atoms with Gasteiger partial charge in [0, 0.05) is 13.6 Å². The van der Waals surface area contributed by atoms with Crippen molar-refractivity contribution in [3.8, 4) is 5.75 Å². The van der Waals surface area contributed by atoms with E-state index in [2.05, 4.69) is 22.1 Å². The smallest absolute Gasteiger partial charge is 0.146 e. The van der Waals surface area contributed by atoms with Gasteiger partial charge in [-0.3, -0.25) is 4.90 Å². The van der Waals surface area contributed by atoms with Crippen molar-refractivity contribution in [2.24, 2.45) is 7.05 Å². The molecule has 5 nitrogen and oxygen atoms in total. The quantitative estimate of drug-likeness (QED) is 0.725. The van der Waals surface area contributed by atoms with E-state index in [0.29, 0.717) is 0 Å². The van der Waals surface area contributed by atoms with Crippen LogP contribution >= 0.6 is 0 Å². The molecule has 0 aliphatic rings. The fraction of sp³-hybridized carbons (Fsp3) is 0.467. The minimum Gasteiger partial charge on any atom is -0.494 e. The number of aryl methyl sites for hydroxylation is 1. The first-order chi connectivity index (χ1) is 9.66. The van der Waals surface area contributed by atoms with E-state index in [9.17, 15) is 0 Å². The Morgan fingerprint density at radius 1 is 1.20 bits per heavy atom. The number of hydrogen-bond acceptors (Lipinski definition) is 4. The normalized spacial score (nSPS) is 11.0. The minimum atomic E-state index is 0.728. The Kier molecular flexibility index (Phi) is 5.12. The molecule has 0 radical (unpaired) electrons. The van der Waals surface area contributed by atoms with E-state index in [4.69, 9.17) is 4.74 Å². The summed E-state index contributed by atoms with van der Waals surface area (Å²) in [4.78, 5) is 2.23. The second-order valence-corrected chi connectivity index (χ2v) is 4.98. The van der Waals surface area contributed by atoms with Crippen molar-refractivity contribution in [2.75, 3.05) is 20.2 Å². The zero-order valence-corrected chi connectivity index (χ0v) is 12.4. The van der Waals surface area contributed by atoms with Crippen molar-refractivity contribution in [3.05, 3.63) is 42.0 Å². The first-order valence-electron chi connectivity index (χ1n) is 6.88. The van der Waals surface area contributed by atoms with Crippen molar-refractivity contribution >= 4 is 0 Å². The number of benzene rings is 1. The Morgan fingerprint density at radius 3 is 2.60 bits per heavy atom. The molecular formula is C15H22N4O. The Labute approximate surface area is 120 Å². The highest BCUT2D eigenvalue weighted by atomic mass is 16.5. The standard InChI is InChI=1S/C15H22N4O/c1-13-16-17-15(19(13)3)12-18(2)10-7-11-20-14-8-5-4-6-9-14/h4-6,8-9H,7,10-12H2,1-3H3. The molecule has 1 aromatic carbocycles. The highest BCUT2D eigenvalue weighted by molar-refractivity contribution is 5.20. The molecule has 0 saturated heterocycles. The van der Waals surface area contributed by atoms with Gasteiger partial charge in [-0.2, -0.15) is 0 Å². The molecule has 5 heteroatoms. The number of para-hydroxylation sites is 1. The van der Waals surface area contributed by atoms with E-state index < -0.39 is 0 Å². The second kappa shape index (κ2) is 7.05. The molecule has 1 aromatic heterocycles. The number of hydrogen-bond donors (Lipinski definition) is 0. The zero-order valence-electron chi connectivity index (χ0n) is 12.4. The van der Waals surface area contributed by atoms with E-state index in [1.165, 1.54) is 0 Å². The summed E-state index contributed by atoms with van der Waals surface area (Å²) >= 11 is 0. The van der Waals surface area contributed by atoms with Crippen LogP contribution in [0.15, 0.2) is 30.3 Å². The first-order valence-corrected chi connectivity index (χ1v) is 6.88.